The van der Waals surface area contributed by atoms with E-state index in [9.17, 15) is 0 Å². The van der Waals surface area contributed by atoms with E-state index in [-0.39, 0.29) is 0 Å². The van der Waals surface area contributed by atoms with Gasteiger partial charge in [-0.05, 0) is 37.0 Å². The second-order valence-corrected chi connectivity index (χ2v) is 6.86. The number of aryl methyl sites for hydroxylation is 1. The predicted molar refractivity (Wildman–Crippen MR) is 92.8 cm³/mol. The summed E-state index contributed by atoms with van der Waals surface area (Å²) in [6.07, 6.45) is 6.31. The van der Waals surface area contributed by atoms with Gasteiger partial charge in [-0.1, -0.05) is 11.6 Å². The molecule has 0 saturated heterocycles. The predicted octanol–water partition coefficient (Wildman–Crippen LogP) is 3.40. The first-order chi connectivity index (χ1) is 11.7. The van der Waals surface area contributed by atoms with Crippen LogP contribution in [0.3, 0.4) is 0 Å². The van der Waals surface area contributed by atoms with Gasteiger partial charge in [-0.15, -0.1) is 0 Å². The molecule has 1 aromatic heterocycles. The van der Waals surface area contributed by atoms with Crippen LogP contribution in [0, 0.1) is 0 Å². The average Bonchev–Trinajstić information content (AvgIpc) is 2.81. The van der Waals surface area contributed by atoms with Crippen molar-refractivity contribution in [2.45, 2.75) is 38.3 Å². The van der Waals surface area contributed by atoms with Crippen LogP contribution in [0.4, 0.5) is 0 Å². The number of fused-ring (bicyclic) bond motifs is 2. The number of ether oxygens (including phenoxy) is 2. The number of nitrogens with zero attached hydrogens (tertiary/aromatic N) is 2. The van der Waals surface area contributed by atoms with Crippen LogP contribution in [0.25, 0.3) is 0 Å². The molecule has 1 aromatic carbocycles. The van der Waals surface area contributed by atoms with Crippen molar-refractivity contribution in [1.29, 1.82) is 0 Å². The number of rotatable bonds is 3. The zero-order chi connectivity index (χ0) is 16.5. The third-order valence-electron chi connectivity index (χ3n) is 4.79. The van der Waals surface area contributed by atoms with Crippen LogP contribution < -0.4 is 14.8 Å². The summed E-state index contributed by atoms with van der Waals surface area (Å²) in [5.41, 5.74) is 3.78. The highest BCUT2D eigenvalue weighted by atomic mass is 35.5. The van der Waals surface area contributed by atoms with Gasteiger partial charge in [-0.25, -0.2) is 0 Å². The minimum absolute atomic E-state index is 0.345. The molecule has 5 nitrogen and oxygen atoms in total. The highest BCUT2D eigenvalue weighted by molar-refractivity contribution is 6.32. The van der Waals surface area contributed by atoms with E-state index in [1.165, 1.54) is 17.7 Å². The molecular weight excluding hydrogens is 326 g/mol. The highest BCUT2D eigenvalue weighted by Crippen LogP contribution is 2.38. The van der Waals surface area contributed by atoms with Crippen molar-refractivity contribution in [3.05, 3.63) is 40.2 Å². The number of hydrogen-bond donors (Lipinski definition) is 1. The van der Waals surface area contributed by atoms with Gasteiger partial charge >= 0.3 is 0 Å². The normalized spacial score (nSPS) is 19.7. The smallest absolute Gasteiger partial charge is 0.179 e. The first-order valence-electron chi connectivity index (χ1n) is 8.54. The maximum Gasteiger partial charge on any atom is 0.179 e. The third-order valence-corrected chi connectivity index (χ3v) is 5.07. The standard InChI is InChI=1S/C18H22ClN3O2/c1-22-16-5-2-4-15(13(16)11-21-22)20-10-12-8-14(19)18-17(9-12)23-6-3-7-24-18/h8-9,11,15,20H,2-7,10H2,1H3. The van der Waals surface area contributed by atoms with E-state index in [0.717, 1.165) is 37.1 Å². The van der Waals surface area contributed by atoms with Crippen molar-refractivity contribution in [2.75, 3.05) is 13.2 Å². The SMILES string of the molecule is Cn1ncc2c1CCCC2NCc1cc(Cl)c2c(c1)OCCCO2. The number of benzene rings is 1. The molecule has 1 N–H and O–H groups in total. The number of hydrogen-bond acceptors (Lipinski definition) is 4. The fraction of sp³-hybridized carbons (Fsp3) is 0.500. The number of nitrogens with one attached hydrogen (secondary N) is 1. The third kappa shape index (κ3) is 2.98. The summed E-state index contributed by atoms with van der Waals surface area (Å²) in [5.74, 6) is 1.42. The van der Waals surface area contributed by atoms with Crippen molar-refractivity contribution >= 4 is 11.6 Å². The molecule has 1 unspecified atom stereocenters. The van der Waals surface area contributed by atoms with E-state index in [1.807, 2.05) is 30.1 Å². The Balaban J connectivity index is 1.51. The molecular formula is C18H22ClN3O2. The summed E-state index contributed by atoms with van der Waals surface area (Å²) in [4.78, 5) is 0. The van der Waals surface area contributed by atoms with Gasteiger partial charge in [-0.3, -0.25) is 4.68 Å². The maximum atomic E-state index is 6.38. The minimum atomic E-state index is 0.345. The Morgan fingerprint density at radius 3 is 3.08 bits per heavy atom. The molecule has 1 aliphatic heterocycles. The molecule has 1 atom stereocenters. The fourth-order valence-electron chi connectivity index (χ4n) is 3.55. The largest absolute Gasteiger partial charge is 0.489 e. The number of halogens is 1. The molecule has 6 heteroatoms. The molecule has 2 aromatic rings. The molecule has 0 spiro atoms. The highest BCUT2D eigenvalue weighted by Gasteiger charge is 2.23. The maximum absolute atomic E-state index is 6.38. The van der Waals surface area contributed by atoms with Crippen molar-refractivity contribution in [3.8, 4) is 11.5 Å². The van der Waals surface area contributed by atoms with Gasteiger partial charge in [0.05, 0.1) is 24.4 Å². The molecule has 2 aliphatic rings. The lowest BCUT2D eigenvalue weighted by molar-refractivity contribution is 0.297. The van der Waals surface area contributed by atoms with E-state index >= 15 is 0 Å². The summed E-state index contributed by atoms with van der Waals surface area (Å²) in [5, 5.41) is 8.68. The average molecular weight is 348 g/mol. The van der Waals surface area contributed by atoms with E-state index in [0.29, 0.717) is 30.0 Å². The van der Waals surface area contributed by atoms with Crippen molar-refractivity contribution in [2.24, 2.45) is 7.05 Å². The monoisotopic (exact) mass is 347 g/mol. The van der Waals surface area contributed by atoms with E-state index in [4.69, 9.17) is 21.1 Å². The second kappa shape index (κ2) is 6.65. The molecule has 1 aliphatic carbocycles. The molecule has 4 rings (SSSR count). The van der Waals surface area contributed by atoms with Crippen molar-refractivity contribution in [3.63, 3.8) is 0 Å². The molecule has 0 amide bonds. The summed E-state index contributed by atoms with van der Waals surface area (Å²) in [7, 11) is 2.02. The molecule has 2 heterocycles. The van der Waals surface area contributed by atoms with Gasteiger partial charge in [0.2, 0.25) is 0 Å². The summed E-state index contributed by atoms with van der Waals surface area (Å²) in [6.45, 7) is 2.06. The van der Waals surface area contributed by atoms with Crippen molar-refractivity contribution < 1.29 is 9.47 Å². The van der Waals surface area contributed by atoms with E-state index < -0.39 is 0 Å². The molecule has 0 saturated carbocycles. The number of aromatic nitrogens is 2. The molecule has 24 heavy (non-hydrogen) atoms. The van der Waals surface area contributed by atoms with Crippen LogP contribution in [0.15, 0.2) is 18.3 Å². The Labute approximate surface area is 146 Å². The van der Waals surface area contributed by atoms with Crippen LogP contribution in [-0.4, -0.2) is 23.0 Å². The van der Waals surface area contributed by atoms with Crippen LogP contribution >= 0.6 is 11.6 Å². The van der Waals surface area contributed by atoms with Crippen LogP contribution in [0.5, 0.6) is 11.5 Å². The minimum Gasteiger partial charge on any atom is -0.489 e. The van der Waals surface area contributed by atoms with Gasteiger partial charge in [0.1, 0.15) is 0 Å². The van der Waals surface area contributed by atoms with Gasteiger partial charge in [0.25, 0.3) is 0 Å². The molecule has 128 valence electrons. The van der Waals surface area contributed by atoms with Gasteiger partial charge < -0.3 is 14.8 Å². The van der Waals surface area contributed by atoms with Crippen LogP contribution in [-0.2, 0) is 20.0 Å². The summed E-state index contributed by atoms with van der Waals surface area (Å²) < 4.78 is 13.5. The fourth-order valence-corrected chi connectivity index (χ4v) is 3.83. The molecule has 0 fully saturated rings. The van der Waals surface area contributed by atoms with Gasteiger partial charge in [-0.2, -0.15) is 5.10 Å². The quantitative estimate of drug-likeness (QED) is 0.924. The van der Waals surface area contributed by atoms with Crippen molar-refractivity contribution in [1.82, 2.24) is 15.1 Å². The molecule has 0 radical (unpaired) electrons. The van der Waals surface area contributed by atoms with Crippen LogP contribution in [0.1, 0.15) is 42.1 Å². The van der Waals surface area contributed by atoms with E-state index in [1.54, 1.807) is 0 Å². The lowest BCUT2D eigenvalue weighted by Gasteiger charge is -2.24. The Bertz CT molecular complexity index is 744. The van der Waals surface area contributed by atoms with E-state index in [2.05, 4.69) is 10.4 Å². The Morgan fingerprint density at radius 1 is 1.29 bits per heavy atom. The first-order valence-corrected chi connectivity index (χ1v) is 8.92. The first kappa shape index (κ1) is 15.8. The van der Waals surface area contributed by atoms with Crippen LogP contribution in [0.2, 0.25) is 5.02 Å². The van der Waals surface area contributed by atoms with Gasteiger partial charge in [0, 0.05) is 37.3 Å². The Hall–Kier alpha value is -1.72. The lowest BCUT2D eigenvalue weighted by Crippen LogP contribution is -2.25. The topological polar surface area (TPSA) is 48.3 Å². The Kier molecular flexibility index (Phi) is 4.37. The van der Waals surface area contributed by atoms with Gasteiger partial charge in [0.15, 0.2) is 11.5 Å². The summed E-state index contributed by atoms with van der Waals surface area (Å²) >= 11 is 6.38. The second-order valence-electron chi connectivity index (χ2n) is 6.45. The lowest BCUT2D eigenvalue weighted by atomic mass is 9.93. The zero-order valence-electron chi connectivity index (χ0n) is 13.8. The molecule has 0 bridgehead atoms. The summed E-state index contributed by atoms with van der Waals surface area (Å²) in [6, 6.07) is 4.35. The Morgan fingerprint density at radius 2 is 2.17 bits per heavy atom. The zero-order valence-corrected chi connectivity index (χ0v) is 14.6.